The van der Waals surface area contributed by atoms with Crippen LogP contribution < -0.4 is 19.8 Å². The van der Waals surface area contributed by atoms with Crippen molar-refractivity contribution in [2.24, 2.45) is 5.10 Å². The van der Waals surface area contributed by atoms with E-state index in [0.29, 0.717) is 36.7 Å². The summed E-state index contributed by atoms with van der Waals surface area (Å²) >= 11 is 0. The van der Waals surface area contributed by atoms with E-state index in [1.165, 1.54) is 23.6 Å². The fraction of sp³-hybridized carbons (Fsp3) is 0.235. The molecule has 1 N–H and O–H groups in total. The Kier molecular flexibility index (Phi) is 8.76. The summed E-state index contributed by atoms with van der Waals surface area (Å²) < 4.78 is 12.4. The van der Waals surface area contributed by atoms with E-state index in [9.17, 15) is 4.79 Å². The van der Waals surface area contributed by atoms with Crippen molar-refractivity contribution in [2.45, 2.75) is 32.8 Å². The minimum atomic E-state index is -0.254. The van der Waals surface area contributed by atoms with Gasteiger partial charge in [0.15, 0.2) is 11.5 Å². The molecule has 1 saturated heterocycles. The largest absolute Gasteiger partial charge is 0.490 e. The first-order valence-corrected chi connectivity index (χ1v) is 13.8. The van der Waals surface area contributed by atoms with E-state index in [1.54, 1.807) is 6.21 Å². The first-order valence-electron chi connectivity index (χ1n) is 13.8. The van der Waals surface area contributed by atoms with Gasteiger partial charge in [-0.1, -0.05) is 48.5 Å². The zero-order chi connectivity index (χ0) is 27.7. The minimum Gasteiger partial charge on any atom is -0.490 e. The summed E-state index contributed by atoms with van der Waals surface area (Å²) in [5, 5.41) is 6.56. The maximum Gasteiger partial charge on any atom is 0.271 e. The Balaban J connectivity index is 1.31. The number of allylic oxidation sites excluding steroid dienone is 1. The highest BCUT2D eigenvalue weighted by molar-refractivity contribution is 5.95. The zero-order valence-electron chi connectivity index (χ0n) is 22.9. The first-order chi connectivity index (χ1) is 19.7. The van der Waals surface area contributed by atoms with Gasteiger partial charge in [0.2, 0.25) is 0 Å². The number of ether oxygens (including phenoxy) is 2. The van der Waals surface area contributed by atoms with E-state index >= 15 is 0 Å². The topological polar surface area (TPSA) is 63.2 Å². The number of carbonyl (C=O) groups is 1. The van der Waals surface area contributed by atoms with E-state index < -0.39 is 0 Å². The summed E-state index contributed by atoms with van der Waals surface area (Å²) in [4.78, 5) is 15.0. The first kappa shape index (κ1) is 27.0. The standard InChI is InChI=1S/C34H35N3O3/c1-3-10-28-21-25(23-35-36-34(38)27-15-17-30(18-16-27)37-19-7-8-20-37)22-32(39-4-2)33(28)40-24-29-13-9-12-26-11-5-6-14-31(26)29/h3,5-6,9,11-18,21-23H,1,4,7-8,10,19-20,24H2,2H3,(H,36,38)/b35-23-. The van der Waals surface area contributed by atoms with Gasteiger partial charge in [-0.2, -0.15) is 5.10 Å². The summed E-state index contributed by atoms with van der Waals surface area (Å²) in [6.45, 7) is 8.90. The second-order valence-corrected chi connectivity index (χ2v) is 9.80. The van der Waals surface area contributed by atoms with Gasteiger partial charge >= 0.3 is 0 Å². The number of amides is 1. The number of hydrogen-bond acceptors (Lipinski definition) is 5. The van der Waals surface area contributed by atoms with Crippen LogP contribution in [-0.4, -0.2) is 31.8 Å². The molecule has 5 rings (SSSR count). The molecule has 1 fully saturated rings. The van der Waals surface area contributed by atoms with Crippen molar-refractivity contribution < 1.29 is 14.3 Å². The van der Waals surface area contributed by atoms with Crippen molar-refractivity contribution >= 4 is 28.6 Å². The molecule has 204 valence electrons. The lowest BCUT2D eigenvalue weighted by Gasteiger charge is -2.17. The second kappa shape index (κ2) is 13.0. The SMILES string of the molecule is C=CCc1cc(/C=N\NC(=O)c2ccc(N3CCCC3)cc2)cc(OCC)c1OCc1cccc2ccccc12. The highest BCUT2D eigenvalue weighted by Crippen LogP contribution is 2.35. The molecule has 6 heteroatoms. The van der Waals surface area contributed by atoms with Crippen LogP contribution in [0.4, 0.5) is 5.69 Å². The predicted octanol–water partition coefficient (Wildman–Crippen LogP) is 6.91. The van der Waals surface area contributed by atoms with Gasteiger partial charge in [-0.15, -0.1) is 6.58 Å². The Labute approximate surface area is 235 Å². The van der Waals surface area contributed by atoms with Gasteiger partial charge in [0.1, 0.15) is 6.61 Å². The van der Waals surface area contributed by atoms with Crippen molar-refractivity contribution in [1.29, 1.82) is 0 Å². The zero-order valence-corrected chi connectivity index (χ0v) is 22.9. The molecule has 1 aliphatic rings. The van der Waals surface area contributed by atoms with Gasteiger partial charge in [-0.3, -0.25) is 4.79 Å². The average molecular weight is 534 g/mol. The molecule has 1 heterocycles. The fourth-order valence-electron chi connectivity index (χ4n) is 5.09. The third kappa shape index (κ3) is 6.34. The molecule has 1 amide bonds. The van der Waals surface area contributed by atoms with Crippen molar-refractivity contribution in [3.8, 4) is 11.5 Å². The monoisotopic (exact) mass is 533 g/mol. The van der Waals surface area contributed by atoms with Crippen LogP contribution in [0, 0.1) is 0 Å². The summed E-state index contributed by atoms with van der Waals surface area (Å²) in [6, 6.07) is 26.1. The van der Waals surface area contributed by atoms with Crippen molar-refractivity contribution in [1.82, 2.24) is 5.43 Å². The van der Waals surface area contributed by atoms with Crippen LogP contribution in [0.25, 0.3) is 10.8 Å². The number of hydrazone groups is 1. The highest BCUT2D eigenvalue weighted by Gasteiger charge is 2.15. The van der Waals surface area contributed by atoms with E-state index in [1.807, 2.05) is 67.6 Å². The molecular formula is C34H35N3O3. The van der Waals surface area contributed by atoms with Crippen molar-refractivity contribution in [3.05, 3.63) is 114 Å². The smallest absolute Gasteiger partial charge is 0.271 e. The Morgan fingerprint density at radius 3 is 2.52 bits per heavy atom. The lowest BCUT2D eigenvalue weighted by molar-refractivity contribution is 0.0955. The number of benzene rings is 4. The highest BCUT2D eigenvalue weighted by atomic mass is 16.5. The van der Waals surface area contributed by atoms with Gasteiger partial charge in [-0.05, 0) is 84.5 Å². The Hall–Kier alpha value is -4.58. The molecule has 0 saturated carbocycles. The lowest BCUT2D eigenvalue weighted by atomic mass is 10.0. The minimum absolute atomic E-state index is 0.254. The van der Waals surface area contributed by atoms with E-state index in [-0.39, 0.29) is 5.91 Å². The molecule has 0 aromatic heterocycles. The molecule has 1 aliphatic heterocycles. The molecule has 40 heavy (non-hydrogen) atoms. The summed E-state index contributed by atoms with van der Waals surface area (Å²) in [5.74, 6) is 1.07. The number of nitrogens with zero attached hydrogens (tertiary/aromatic N) is 2. The van der Waals surface area contributed by atoms with Gasteiger partial charge in [0.05, 0.1) is 12.8 Å². The van der Waals surface area contributed by atoms with Gasteiger partial charge in [0.25, 0.3) is 5.91 Å². The third-order valence-corrected chi connectivity index (χ3v) is 7.05. The lowest BCUT2D eigenvalue weighted by Crippen LogP contribution is -2.19. The quantitative estimate of drug-likeness (QED) is 0.129. The van der Waals surface area contributed by atoms with Crippen molar-refractivity contribution in [2.75, 3.05) is 24.6 Å². The number of carbonyl (C=O) groups excluding carboxylic acids is 1. The summed E-state index contributed by atoms with van der Waals surface area (Å²) in [5.41, 5.74) is 7.20. The summed E-state index contributed by atoms with van der Waals surface area (Å²) in [7, 11) is 0. The molecule has 0 aliphatic carbocycles. The predicted molar refractivity (Wildman–Crippen MR) is 163 cm³/mol. The van der Waals surface area contributed by atoms with E-state index in [4.69, 9.17) is 9.47 Å². The van der Waals surface area contributed by atoms with E-state index in [2.05, 4.69) is 46.3 Å². The molecule has 0 unspecified atom stereocenters. The Bertz CT molecular complexity index is 1500. The normalized spacial score (nSPS) is 13.1. The molecule has 4 aromatic carbocycles. The maximum absolute atomic E-state index is 12.7. The molecule has 0 spiro atoms. The molecular weight excluding hydrogens is 498 g/mol. The van der Waals surface area contributed by atoms with Gasteiger partial charge in [0, 0.05) is 29.9 Å². The average Bonchev–Trinajstić information content (AvgIpc) is 3.52. The number of nitrogens with one attached hydrogen (secondary N) is 1. The van der Waals surface area contributed by atoms with Crippen LogP contribution in [0.3, 0.4) is 0 Å². The molecule has 4 aromatic rings. The Morgan fingerprint density at radius 2 is 1.75 bits per heavy atom. The van der Waals surface area contributed by atoms with Gasteiger partial charge in [-0.25, -0.2) is 5.43 Å². The second-order valence-electron chi connectivity index (χ2n) is 9.80. The molecule has 6 nitrogen and oxygen atoms in total. The van der Waals surface area contributed by atoms with E-state index in [0.717, 1.165) is 35.5 Å². The number of hydrogen-bond donors (Lipinski definition) is 1. The third-order valence-electron chi connectivity index (χ3n) is 7.05. The molecule has 0 radical (unpaired) electrons. The maximum atomic E-state index is 12.7. The van der Waals surface area contributed by atoms with Crippen molar-refractivity contribution in [3.63, 3.8) is 0 Å². The summed E-state index contributed by atoms with van der Waals surface area (Å²) in [6.07, 6.45) is 6.49. The van der Waals surface area contributed by atoms with Crippen LogP contribution in [0.2, 0.25) is 0 Å². The number of rotatable bonds is 11. The van der Waals surface area contributed by atoms with Crippen LogP contribution in [-0.2, 0) is 13.0 Å². The molecule has 0 bridgehead atoms. The van der Waals surface area contributed by atoms with Gasteiger partial charge < -0.3 is 14.4 Å². The molecule has 0 atom stereocenters. The van der Waals surface area contributed by atoms with Crippen LogP contribution >= 0.6 is 0 Å². The van der Waals surface area contributed by atoms with Crippen LogP contribution in [0.5, 0.6) is 11.5 Å². The fourth-order valence-corrected chi connectivity index (χ4v) is 5.09. The van der Waals surface area contributed by atoms with Crippen LogP contribution in [0.15, 0.2) is 96.6 Å². The van der Waals surface area contributed by atoms with Crippen LogP contribution in [0.1, 0.15) is 46.8 Å². The number of anilines is 1. The number of fused-ring (bicyclic) bond motifs is 1. The Morgan fingerprint density at radius 1 is 0.975 bits per heavy atom.